The van der Waals surface area contributed by atoms with E-state index in [9.17, 15) is 0 Å². The number of aromatic nitrogens is 2. The van der Waals surface area contributed by atoms with Crippen LogP contribution in [0.25, 0.3) is 56.2 Å². The van der Waals surface area contributed by atoms with Gasteiger partial charge in [-0.25, -0.2) is 9.97 Å². The van der Waals surface area contributed by atoms with Crippen molar-refractivity contribution in [2.75, 3.05) is 0 Å². The predicted octanol–water partition coefficient (Wildman–Crippen LogP) is 14.7. The van der Waals surface area contributed by atoms with Crippen molar-refractivity contribution in [3.63, 3.8) is 0 Å². The van der Waals surface area contributed by atoms with Gasteiger partial charge in [-0.15, -0.1) is 0 Å². The number of rotatable bonds is 5. The van der Waals surface area contributed by atoms with E-state index in [0.717, 1.165) is 74.3 Å². The van der Waals surface area contributed by atoms with Gasteiger partial charge in [-0.1, -0.05) is 166 Å². The Balaban J connectivity index is 0.992. The van der Waals surface area contributed by atoms with Gasteiger partial charge >= 0.3 is 0 Å². The molecule has 4 aliphatic rings. The molecule has 0 radical (unpaired) electrons. The molecule has 3 unspecified atom stereocenters. The standard InChI is InChI=1S/C58H48N2O/c1-37-30-39-31-38(2)35-57(34-37,36-39)43-27-24-41(25-28-43)56-59-52(40-14-4-3-5-15-40)33-53(60-56)46-18-7-6-16-44(46)42-26-29-49-47(32-42)45-17-8-9-19-48(45)58(49)50-20-10-12-22-54(50)61-55-23-13-11-21-51(55)58/h3-29,32-33,37-39H,30-31,34-36H2,1-2H3/t37-,38?,39?,57?/m0/s1. The molecule has 7 aromatic carbocycles. The Morgan fingerprint density at radius 3 is 1.70 bits per heavy atom. The van der Waals surface area contributed by atoms with Crippen LogP contribution in [0.1, 0.15) is 73.8 Å². The average Bonchev–Trinajstić information content (AvgIpc) is 3.58. The highest BCUT2D eigenvalue weighted by atomic mass is 16.5. The number of benzene rings is 7. The third-order valence-electron chi connectivity index (χ3n) is 14.5. The number of fused-ring (bicyclic) bond motifs is 11. The van der Waals surface area contributed by atoms with Crippen molar-refractivity contribution in [1.82, 2.24) is 9.97 Å². The van der Waals surface area contributed by atoms with Crippen LogP contribution in [0, 0.1) is 17.8 Å². The minimum atomic E-state index is -0.497. The van der Waals surface area contributed by atoms with Gasteiger partial charge in [0.15, 0.2) is 5.82 Å². The molecule has 3 nitrogen and oxygen atoms in total. The third kappa shape index (κ3) is 5.70. The molecule has 1 aromatic heterocycles. The smallest absolute Gasteiger partial charge is 0.160 e. The number of hydrogen-bond acceptors (Lipinski definition) is 3. The summed E-state index contributed by atoms with van der Waals surface area (Å²) in [6, 6.07) is 64.0. The molecule has 2 fully saturated rings. The Morgan fingerprint density at radius 2 is 1.00 bits per heavy atom. The van der Waals surface area contributed by atoms with Crippen molar-refractivity contribution in [3.05, 3.63) is 204 Å². The Labute approximate surface area is 359 Å². The van der Waals surface area contributed by atoms with Crippen molar-refractivity contribution < 1.29 is 4.74 Å². The molecule has 1 spiro atoms. The van der Waals surface area contributed by atoms with E-state index in [1.54, 1.807) is 0 Å². The molecule has 2 bridgehead atoms. The quantitative estimate of drug-likeness (QED) is 0.174. The van der Waals surface area contributed by atoms with Crippen LogP contribution in [-0.4, -0.2) is 9.97 Å². The van der Waals surface area contributed by atoms with E-state index >= 15 is 0 Å². The minimum Gasteiger partial charge on any atom is -0.457 e. The van der Waals surface area contributed by atoms with Crippen LogP contribution in [-0.2, 0) is 10.8 Å². The van der Waals surface area contributed by atoms with Gasteiger partial charge in [0.1, 0.15) is 11.5 Å². The fourth-order valence-electron chi connectivity index (χ4n) is 12.5. The van der Waals surface area contributed by atoms with E-state index in [-0.39, 0.29) is 5.41 Å². The maximum absolute atomic E-state index is 6.58. The summed E-state index contributed by atoms with van der Waals surface area (Å²) in [6.07, 6.45) is 6.67. The molecule has 3 heteroatoms. The largest absolute Gasteiger partial charge is 0.457 e. The van der Waals surface area contributed by atoms with Gasteiger partial charge in [-0.05, 0) is 118 Å². The van der Waals surface area contributed by atoms with E-state index < -0.39 is 5.41 Å². The topological polar surface area (TPSA) is 35.0 Å². The number of hydrogen-bond donors (Lipinski definition) is 0. The molecule has 0 N–H and O–H groups in total. The number of para-hydroxylation sites is 2. The number of ether oxygens (including phenoxy) is 1. The lowest BCUT2D eigenvalue weighted by atomic mass is 9.54. The van der Waals surface area contributed by atoms with Gasteiger partial charge in [-0.2, -0.15) is 0 Å². The van der Waals surface area contributed by atoms with Crippen molar-refractivity contribution in [1.29, 1.82) is 0 Å². The van der Waals surface area contributed by atoms with E-state index in [0.29, 0.717) is 0 Å². The Kier molecular flexibility index (Phi) is 8.32. The van der Waals surface area contributed by atoms with Crippen molar-refractivity contribution in [3.8, 4) is 67.7 Å². The molecule has 61 heavy (non-hydrogen) atoms. The van der Waals surface area contributed by atoms with Crippen LogP contribution in [0.4, 0.5) is 0 Å². The minimum absolute atomic E-state index is 0.281. The van der Waals surface area contributed by atoms with E-state index in [2.05, 4.69) is 190 Å². The Morgan fingerprint density at radius 1 is 0.443 bits per heavy atom. The summed E-state index contributed by atoms with van der Waals surface area (Å²) in [7, 11) is 0. The van der Waals surface area contributed by atoms with Gasteiger partial charge in [-0.3, -0.25) is 0 Å². The second-order valence-corrected chi connectivity index (χ2v) is 18.5. The zero-order valence-corrected chi connectivity index (χ0v) is 34.8. The highest BCUT2D eigenvalue weighted by Crippen LogP contribution is 2.62. The van der Waals surface area contributed by atoms with Crippen molar-refractivity contribution in [2.45, 2.75) is 56.8 Å². The lowest BCUT2D eigenvalue weighted by molar-refractivity contribution is 0.0780. The molecule has 12 rings (SSSR count). The van der Waals surface area contributed by atoms with Gasteiger partial charge < -0.3 is 4.74 Å². The molecule has 1 aliphatic heterocycles. The predicted molar refractivity (Wildman–Crippen MR) is 248 cm³/mol. The van der Waals surface area contributed by atoms with E-state index in [4.69, 9.17) is 14.7 Å². The SMILES string of the molecule is CC1CC2C[C@H](C)CC(c3ccc(-c4nc(-c5ccccc5)cc(-c5ccccc5-c5ccc6c(c5)-c5ccccc5C65c6ccccc6Oc6ccccc65)n4)cc3)(C1)C2. The lowest BCUT2D eigenvalue weighted by Crippen LogP contribution is -2.42. The highest BCUT2D eigenvalue weighted by Gasteiger charge is 2.51. The van der Waals surface area contributed by atoms with Gasteiger partial charge in [0.05, 0.1) is 16.8 Å². The fraction of sp³-hybridized carbons (Fsp3) is 0.207. The van der Waals surface area contributed by atoms with Gasteiger partial charge in [0.2, 0.25) is 0 Å². The lowest BCUT2D eigenvalue weighted by Gasteiger charge is -2.50. The van der Waals surface area contributed by atoms with Crippen LogP contribution in [0.3, 0.4) is 0 Å². The van der Waals surface area contributed by atoms with Crippen LogP contribution in [0.15, 0.2) is 176 Å². The fourth-order valence-corrected chi connectivity index (χ4v) is 12.5. The number of nitrogens with zero attached hydrogens (tertiary/aromatic N) is 2. The maximum Gasteiger partial charge on any atom is 0.160 e. The summed E-state index contributed by atoms with van der Waals surface area (Å²) >= 11 is 0. The molecule has 2 heterocycles. The summed E-state index contributed by atoms with van der Waals surface area (Å²) in [4.78, 5) is 10.7. The average molecular weight is 789 g/mol. The highest BCUT2D eigenvalue weighted by molar-refractivity contribution is 5.93. The first-order valence-electron chi connectivity index (χ1n) is 22.2. The molecule has 3 aliphatic carbocycles. The molecular weight excluding hydrogens is 741 g/mol. The zero-order valence-electron chi connectivity index (χ0n) is 34.8. The summed E-state index contributed by atoms with van der Waals surface area (Å²) in [5.74, 6) is 4.96. The summed E-state index contributed by atoms with van der Waals surface area (Å²) in [6.45, 7) is 4.94. The molecule has 0 amide bonds. The molecule has 296 valence electrons. The van der Waals surface area contributed by atoms with Crippen molar-refractivity contribution in [2.24, 2.45) is 17.8 Å². The molecule has 4 atom stereocenters. The monoisotopic (exact) mass is 788 g/mol. The summed E-state index contributed by atoms with van der Waals surface area (Å²) in [5, 5.41) is 0. The second-order valence-electron chi connectivity index (χ2n) is 18.5. The van der Waals surface area contributed by atoms with Crippen LogP contribution < -0.4 is 4.74 Å². The normalized spacial score (nSPS) is 21.4. The van der Waals surface area contributed by atoms with Crippen LogP contribution in [0.5, 0.6) is 11.5 Å². The van der Waals surface area contributed by atoms with Gasteiger partial charge in [0, 0.05) is 27.8 Å². The summed E-state index contributed by atoms with van der Waals surface area (Å²) in [5.41, 5.74) is 16.0. The first-order chi connectivity index (χ1) is 30.0. The molecule has 0 saturated heterocycles. The second kappa shape index (κ2) is 14.0. The molecular formula is C58H48N2O. The van der Waals surface area contributed by atoms with Gasteiger partial charge in [0.25, 0.3) is 0 Å². The van der Waals surface area contributed by atoms with Crippen molar-refractivity contribution >= 4 is 0 Å². The first kappa shape index (κ1) is 36.3. The molecule has 8 aromatic rings. The Bertz CT molecular complexity index is 2920. The zero-order chi connectivity index (χ0) is 40.7. The van der Waals surface area contributed by atoms with E-state index in [1.807, 2.05) is 0 Å². The maximum atomic E-state index is 6.58. The van der Waals surface area contributed by atoms with Crippen LogP contribution in [0.2, 0.25) is 0 Å². The molecule has 2 saturated carbocycles. The summed E-state index contributed by atoms with van der Waals surface area (Å²) < 4.78 is 6.58. The van der Waals surface area contributed by atoms with E-state index in [1.165, 1.54) is 71.0 Å². The van der Waals surface area contributed by atoms with Crippen LogP contribution >= 0.6 is 0 Å². The first-order valence-corrected chi connectivity index (χ1v) is 22.2. The Hall–Kier alpha value is -6.58. The third-order valence-corrected chi connectivity index (χ3v) is 14.5.